The van der Waals surface area contributed by atoms with Gasteiger partial charge >= 0.3 is 0 Å². The van der Waals surface area contributed by atoms with Crippen molar-refractivity contribution in [3.8, 4) is 48.6 Å². The molecule has 190 valence electrons. The number of benzene rings is 2. The first-order valence-corrected chi connectivity index (χ1v) is 12.6. The molecule has 8 nitrogen and oxygen atoms in total. The normalized spacial score (nSPS) is 19.5. The van der Waals surface area contributed by atoms with E-state index in [0.29, 0.717) is 55.7 Å². The van der Waals surface area contributed by atoms with Crippen LogP contribution < -0.4 is 0 Å². The van der Waals surface area contributed by atoms with Crippen LogP contribution in [0, 0.1) is 108 Å². The lowest BCUT2D eigenvalue weighted by atomic mass is 9.80. The van der Waals surface area contributed by atoms with Crippen molar-refractivity contribution >= 4 is 16.7 Å². The van der Waals surface area contributed by atoms with Crippen LogP contribution in [0.1, 0.15) is 33.7 Å². The standard InChI is InChI=1S/C34H14N8/c35-11-19-4-6-25-27(8-19)29(17-41)31(33(25)23(13-37)14-38)21-2-1-3-22(10-21)32-30(18-42)28-9-20(12-36)5-7-26(28)34(32)24(15-39)16-40/h1-10,23,26,28,33H. The lowest BCUT2D eigenvalue weighted by molar-refractivity contribution is 0.654. The summed E-state index contributed by atoms with van der Waals surface area (Å²) in [6.07, 6.45) is 4.98. The maximum Gasteiger partial charge on any atom is 0.144 e. The molecule has 5 rings (SSSR count). The molecule has 3 aliphatic rings. The molecule has 0 radical (unpaired) electrons. The van der Waals surface area contributed by atoms with Gasteiger partial charge < -0.3 is 0 Å². The number of hydrogen-bond acceptors (Lipinski definition) is 8. The minimum Gasteiger partial charge on any atom is -0.197 e. The summed E-state index contributed by atoms with van der Waals surface area (Å²) in [6, 6.07) is 28.2. The maximum absolute atomic E-state index is 10.3. The zero-order valence-electron chi connectivity index (χ0n) is 21.7. The van der Waals surface area contributed by atoms with Crippen LogP contribution in [0.15, 0.2) is 83.0 Å². The zero-order valence-corrected chi connectivity index (χ0v) is 21.7. The van der Waals surface area contributed by atoms with Crippen molar-refractivity contribution in [1.29, 1.82) is 42.1 Å². The summed E-state index contributed by atoms with van der Waals surface area (Å²) in [5.41, 5.74) is 4.31. The number of nitriles is 8. The van der Waals surface area contributed by atoms with Crippen molar-refractivity contribution in [3.05, 3.63) is 111 Å². The first-order chi connectivity index (χ1) is 20.5. The first kappa shape index (κ1) is 26.7. The van der Waals surface area contributed by atoms with E-state index in [2.05, 4.69) is 24.3 Å². The molecule has 2 aromatic rings. The van der Waals surface area contributed by atoms with E-state index in [4.69, 9.17) is 0 Å². The molecule has 0 aliphatic heterocycles. The highest BCUT2D eigenvalue weighted by Crippen LogP contribution is 2.53. The van der Waals surface area contributed by atoms with Crippen molar-refractivity contribution in [2.24, 2.45) is 17.8 Å². The Kier molecular flexibility index (Phi) is 6.77. The summed E-state index contributed by atoms with van der Waals surface area (Å²) in [4.78, 5) is 0. The topological polar surface area (TPSA) is 190 Å². The number of nitrogens with zero attached hydrogens (tertiary/aromatic N) is 8. The van der Waals surface area contributed by atoms with E-state index >= 15 is 0 Å². The van der Waals surface area contributed by atoms with Crippen molar-refractivity contribution in [2.45, 2.75) is 5.92 Å². The third-order valence-electron chi connectivity index (χ3n) is 7.73. The summed E-state index contributed by atoms with van der Waals surface area (Å²) >= 11 is 0. The fourth-order valence-electron chi connectivity index (χ4n) is 6.03. The van der Waals surface area contributed by atoms with Crippen molar-refractivity contribution in [3.63, 3.8) is 0 Å². The largest absolute Gasteiger partial charge is 0.197 e. The Morgan fingerprint density at radius 2 is 1.48 bits per heavy atom. The molecule has 0 aromatic heterocycles. The van der Waals surface area contributed by atoms with Gasteiger partial charge in [-0.05, 0) is 57.7 Å². The minimum absolute atomic E-state index is 0.157. The number of fused-ring (bicyclic) bond motifs is 2. The molecule has 8 heteroatoms. The van der Waals surface area contributed by atoms with Crippen molar-refractivity contribution in [1.82, 2.24) is 0 Å². The summed E-state index contributed by atoms with van der Waals surface area (Å²) in [6.45, 7) is 0. The Hall–Kier alpha value is -6.94. The van der Waals surface area contributed by atoms with Crippen LogP contribution in [0.3, 0.4) is 0 Å². The summed E-state index contributed by atoms with van der Waals surface area (Å²) in [5.74, 6) is -2.98. The third-order valence-corrected chi connectivity index (χ3v) is 7.73. The average Bonchev–Trinajstić information content (AvgIpc) is 3.54. The number of allylic oxidation sites excluding steroid dienone is 10. The predicted octanol–water partition coefficient (Wildman–Crippen LogP) is 5.64. The summed E-state index contributed by atoms with van der Waals surface area (Å²) in [5, 5.41) is 78.8. The molecule has 0 N–H and O–H groups in total. The van der Waals surface area contributed by atoms with E-state index in [1.807, 2.05) is 24.3 Å². The van der Waals surface area contributed by atoms with Gasteiger partial charge in [0.2, 0.25) is 0 Å². The smallest absolute Gasteiger partial charge is 0.144 e. The molecular weight excluding hydrogens is 520 g/mol. The molecule has 3 atom stereocenters. The Balaban J connectivity index is 1.79. The predicted molar refractivity (Wildman–Crippen MR) is 148 cm³/mol. The minimum atomic E-state index is -1.14. The van der Waals surface area contributed by atoms with Gasteiger partial charge in [-0.15, -0.1) is 0 Å². The fourth-order valence-corrected chi connectivity index (χ4v) is 6.03. The average molecular weight is 535 g/mol. The molecule has 0 amide bonds. The van der Waals surface area contributed by atoms with Crippen LogP contribution in [-0.4, -0.2) is 0 Å². The van der Waals surface area contributed by atoms with Gasteiger partial charge in [0.05, 0.1) is 41.5 Å². The molecular formula is C34H14N8. The molecule has 0 saturated heterocycles. The molecule has 0 bridgehead atoms. The summed E-state index contributed by atoms with van der Waals surface area (Å²) in [7, 11) is 0. The first-order valence-electron chi connectivity index (χ1n) is 12.6. The van der Waals surface area contributed by atoms with Crippen LogP contribution in [0.5, 0.6) is 0 Å². The van der Waals surface area contributed by atoms with Gasteiger partial charge in [-0.25, -0.2) is 0 Å². The van der Waals surface area contributed by atoms with E-state index in [1.54, 1.807) is 60.7 Å². The Bertz CT molecular complexity index is 2070. The molecule has 3 unspecified atom stereocenters. The fraction of sp³-hybridized carbons (Fsp3) is 0.118. The molecule has 0 saturated carbocycles. The van der Waals surface area contributed by atoms with E-state index < -0.39 is 23.7 Å². The highest BCUT2D eigenvalue weighted by atomic mass is 14.5. The van der Waals surface area contributed by atoms with Gasteiger partial charge in [0, 0.05) is 34.5 Å². The Labute approximate surface area is 241 Å². The lowest BCUT2D eigenvalue weighted by Crippen LogP contribution is -2.12. The van der Waals surface area contributed by atoms with Crippen LogP contribution >= 0.6 is 0 Å². The lowest BCUT2D eigenvalue weighted by Gasteiger charge is -2.20. The third kappa shape index (κ3) is 3.92. The van der Waals surface area contributed by atoms with E-state index in [9.17, 15) is 42.1 Å². The maximum atomic E-state index is 10.3. The SMILES string of the molecule is N#CC1=CC2C(C#N)=C(c3cccc(C4=C(C#N)c5cc(C#N)ccc5C4C(C#N)C#N)c3)C(=C(C#N)C#N)C2C=C1. The molecule has 0 heterocycles. The highest BCUT2D eigenvalue weighted by molar-refractivity contribution is 6.06. The van der Waals surface area contributed by atoms with Crippen molar-refractivity contribution in [2.75, 3.05) is 0 Å². The van der Waals surface area contributed by atoms with Gasteiger partial charge in [0.15, 0.2) is 0 Å². The van der Waals surface area contributed by atoms with Gasteiger partial charge in [-0.3, -0.25) is 0 Å². The Morgan fingerprint density at radius 1 is 0.738 bits per heavy atom. The highest BCUT2D eigenvalue weighted by Gasteiger charge is 2.42. The molecule has 3 aliphatic carbocycles. The number of rotatable bonds is 3. The van der Waals surface area contributed by atoms with E-state index in [1.165, 1.54) is 0 Å². The Morgan fingerprint density at radius 3 is 2.10 bits per heavy atom. The van der Waals surface area contributed by atoms with Gasteiger partial charge in [0.25, 0.3) is 0 Å². The summed E-state index contributed by atoms with van der Waals surface area (Å²) < 4.78 is 0. The van der Waals surface area contributed by atoms with Crippen LogP contribution in [0.2, 0.25) is 0 Å². The second-order valence-electron chi connectivity index (χ2n) is 9.67. The molecule has 0 spiro atoms. The van der Waals surface area contributed by atoms with E-state index in [0.717, 1.165) is 0 Å². The van der Waals surface area contributed by atoms with Gasteiger partial charge in [0.1, 0.15) is 29.7 Å². The molecule has 42 heavy (non-hydrogen) atoms. The van der Waals surface area contributed by atoms with Crippen LogP contribution in [-0.2, 0) is 0 Å². The van der Waals surface area contributed by atoms with Crippen LogP contribution in [0.25, 0.3) is 16.7 Å². The van der Waals surface area contributed by atoms with Crippen molar-refractivity contribution < 1.29 is 0 Å². The molecule has 2 aromatic carbocycles. The quantitative estimate of drug-likeness (QED) is 0.452. The number of hydrogen-bond donors (Lipinski definition) is 0. The van der Waals surface area contributed by atoms with Gasteiger partial charge in [-0.2, -0.15) is 42.1 Å². The monoisotopic (exact) mass is 534 g/mol. The second kappa shape index (κ2) is 10.7. The second-order valence-corrected chi connectivity index (χ2v) is 9.67. The van der Waals surface area contributed by atoms with Gasteiger partial charge in [-0.1, -0.05) is 36.4 Å². The molecule has 0 fully saturated rings. The van der Waals surface area contributed by atoms with E-state index in [-0.39, 0.29) is 11.1 Å². The van der Waals surface area contributed by atoms with Crippen LogP contribution in [0.4, 0.5) is 0 Å². The zero-order chi connectivity index (χ0) is 30.0.